The summed E-state index contributed by atoms with van der Waals surface area (Å²) in [5.74, 6) is 0. The first kappa shape index (κ1) is 16.9. The van der Waals surface area contributed by atoms with Crippen molar-refractivity contribution in [3.63, 3.8) is 0 Å². The predicted molar refractivity (Wildman–Crippen MR) is 82.0 cm³/mol. The highest BCUT2D eigenvalue weighted by Crippen LogP contribution is 2.20. The van der Waals surface area contributed by atoms with Gasteiger partial charge in [0.25, 0.3) is 0 Å². The molecule has 2 fully saturated rings. The van der Waals surface area contributed by atoms with Gasteiger partial charge in [0.05, 0.1) is 0 Å². The fourth-order valence-electron chi connectivity index (χ4n) is 3.02. The molecule has 0 aromatic heterocycles. The average Bonchev–Trinajstić information content (AvgIpc) is 2.46. The van der Waals surface area contributed by atoms with Gasteiger partial charge in [0, 0.05) is 45.3 Å². The van der Waals surface area contributed by atoms with Crippen LogP contribution in [0, 0.1) is 0 Å². The maximum Gasteiger partial charge on any atom is 0.410 e. The van der Waals surface area contributed by atoms with Crippen LogP contribution in [0.2, 0.25) is 0 Å². The molecule has 0 radical (unpaired) electrons. The number of carboxylic acid groups (broad SMARTS) is 1. The molecule has 1 N–H and O–H groups in total. The van der Waals surface area contributed by atoms with Crippen molar-refractivity contribution < 1.29 is 19.4 Å². The molecular formula is C15H27N3O4. The molecule has 0 aromatic rings. The Balaban J connectivity index is 1.86. The number of carbonyl (C=O) groups excluding carboxylic acids is 1. The number of nitrogens with zero attached hydrogens (tertiary/aromatic N) is 3. The lowest BCUT2D eigenvalue weighted by atomic mass is 10.0. The fourth-order valence-corrected chi connectivity index (χ4v) is 3.02. The van der Waals surface area contributed by atoms with Crippen molar-refractivity contribution >= 4 is 12.2 Å². The second-order valence-electron chi connectivity index (χ2n) is 7.03. The summed E-state index contributed by atoms with van der Waals surface area (Å²) in [6.07, 6.45) is 0.912. The molecule has 2 aliphatic rings. The number of hydrogen-bond donors (Lipinski definition) is 1. The maximum atomic E-state index is 12.2. The first-order chi connectivity index (χ1) is 10.3. The Hall–Kier alpha value is -1.50. The minimum absolute atomic E-state index is 0.249. The van der Waals surface area contributed by atoms with E-state index in [1.165, 1.54) is 4.90 Å². The number of carbonyl (C=O) groups is 2. The average molecular weight is 313 g/mol. The monoisotopic (exact) mass is 313 g/mol. The van der Waals surface area contributed by atoms with Crippen LogP contribution in [-0.4, -0.2) is 82.9 Å². The third-order valence-electron chi connectivity index (χ3n) is 4.15. The third-order valence-corrected chi connectivity index (χ3v) is 4.15. The molecule has 0 spiro atoms. The number of piperazine rings is 1. The van der Waals surface area contributed by atoms with E-state index < -0.39 is 11.7 Å². The standard InChI is InChI=1S/C15H27N3O4/c1-15(2,3)22-14(21)18-6-4-5-12(11-18)16-7-9-17(10-8-16)13(19)20/h12H,4-11H2,1-3H3,(H,19,20). The van der Waals surface area contributed by atoms with Gasteiger partial charge in [0.15, 0.2) is 0 Å². The van der Waals surface area contributed by atoms with E-state index >= 15 is 0 Å². The first-order valence-electron chi connectivity index (χ1n) is 7.96. The zero-order valence-corrected chi connectivity index (χ0v) is 13.7. The van der Waals surface area contributed by atoms with Gasteiger partial charge in [-0.2, -0.15) is 0 Å². The molecule has 2 aliphatic heterocycles. The second-order valence-corrected chi connectivity index (χ2v) is 7.03. The number of piperidine rings is 1. The van der Waals surface area contributed by atoms with E-state index in [0.717, 1.165) is 32.5 Å². The SMILES string of the molecule is CC(C)(C)OC(=O)N1CCCC(N2CCN(C(=O)O)CC2)C1. The van der Waals surface area contributed by atoms with E-state index in [2.05, 4.69) is 4.90 Å². The van der Waals surface area contributed by atoms with Crippen LogP contribution in [0.25, 0.3) is 0 Å². The number of hydrogen-bond acceptors (Lipinski definition) is 4. The fraction of sp³-hybridized carbons (Fsp3) is 0.867. The van der Waals surface area contributed by atoms with Crippen LogP contribution >= 0.6 is 0 Å². The summed E-state index contributed by atoms with van der Waals surface area (Å²) in [5, 5.41) is 9.00. The van der Waals surface area contributed by atoms with Gasteiger partial charge in [-0.05, 0) is 33.6 Å². The summed E-state index contributed by atoms with van der Waals surface area (Å²) in [4.78, 5) is 28.7. The Bertz CT molecular complexity index is 414. The Morgan fingerprint density at radius 2 is 1.68 bits per heavy atom. The second kappa shape index (κ2) is 6.73. The largest absolute Gasteiger partial charge is 0.465 e. The highest BCUT2D eigenvalue weighted by molar-refractivity contribution is 5.68. The number of amides is 2. The van der Waals surface area contributed by atoms with Crippen LogP contribution in [-0.2, 0) is 4.74 Å². The van der Waals surface area contributed by atoms with Crippen LogP contribution < -0.4 is 0 Å². The highest BCUT2D eigenvalue weighted by atomic mass is 16.6. The van der Waals surface area contributed by atoms with Gasteiger partial charge in [-0.15, -0.1) is 0 Å². The lowest BCUT2D eigenvalue weighted by Gasteiger charge is -2.42. The molecule has 7 nitrogen and oxygen atoms in total. The van der Waals surface area contributed by atoms with Crippen molar-refractivity contribution in [1.29, 1.82) is 0 Å². The van der Waals surface area contributed by atoms with E-state index in [-0.39, 0.29) is 6.09 Å². The summed E-state index contributed by atoms with van der Waals surface area (Å²) >= 11 is 0. The van der Waals surface area contributed by atoms with Crippen LogP contribution in [0.1, 0.15) is 33.6 Å². The van der Waals surface area contributed by atoms with E-state index in [4.69, 9.17) is 9.84 Å². The molecule has 2 rings (SSSR count). The molecule has 2 amide bonds. The molecule has 1 atom stereocenters. The van der Waals surface area contributed by atoms with Gasteiger partial charge in [-0.1, -0.05) is 0 Å². The molecule has 22 heavy (non-hydrogen) atoms. The van der Waals surface area contributed by atoms with Gasteiger partial charge in [-0.3, -0.25) is 4.90 Å². The topological polar surface area (TPSA) is 73.3 Å². The number of rotatable bonds is 1. The van der Waals surface area contributed by atoms with E-state index in [1.54, 1.807) is 4.90 Å². The Morgan fingerprint density at radius 1 is 1.05 bits per heavy atom. The van der Waals surface area contributed by atoms with Crippen LogP contribution in [0.4, 0.5) is 9.59 Å². The highest BCUT2D eigenvalue weighted by Gasteiger charge is 2.32. The molecule has 0 aliphatic carbocycles. The third kappa shape index (κ3) is 4.50. The molecule has 2 saturated heterocycles. The quantitative estimate of drug-likeness (QED) is 0.797. The lowest BCUT2D eigenvalue weighted by Crippen LogP contribution is -2.56. The zero-order valence-electron chi connectivity index (χ0n) is 13.7. The van der Waals surface area contributed by atoms with E-state index in [9.17, 15) is 9.59 Å². The molecular weight excluding hydrogens is 286 g/mol. The summed E-state index contributed by atoms with van der Waals surface area (Å²) in [6.45, 7) is 9.57. The molecule has 7 heteroatoms. The molecule has 2 heterocycles. The van der Waals surface area contributed by atoms with Crippen LogP contribution in [0.3, 0.4) is 0 Å². The maximum absolute atomic E-state index is 12.2. The molecule has 0 saturated carbocycles. The van der Waals surface area contributed by atoms with Crippen molar-refractivity contribution in [2.24, 2.45) is 0 Å². The van der Waals surface area contributed by atoms with Crippen molar-refractivity contribution in [3.05, 3.63) is 0 Å². The predicted octanol–water partition coefficient (Wildman–Crippen LogP) is 1.68. The summed E-state index contributed by atoms with van der Waals surface area (Å²) < 4.78 is 5.44. The Labute approximate surface area is 131 Å². The van der Waals surface area contributed by atoms with E-state index in [0.29, 0.717) is 25.7 Å². The molecule has 0 aromatic carbocycles. The smallest absolute Gasteiger partial charge is 0.410 e. The van der Waals surface area contributed by atoms with E-state index in [1.807, 2.05) is 20.8 Å². The zero-order chi connectivity index (χ0) is 16.3. The van der Waals surface area contributed by atoms with Crippen LogP contribution in [0.5, 0.6) is 0 Å². The number of ether oxygens (including phenoxy) is 1. The van der Waals surface area contributed by atoms with Crippen molar-refractivity contribution in [2.45, 2.75) is 45.3 Å². The normalized spacial score (nSPS) is 24.2. The first-order valence-corrected chi connectivity index (χ1v) is 7.96. The summed E-state index contributed by atoms with van der Waals surface area (Å²) in [7, 11) is 0. The van der Waals surface area contributed by atoms with Crippen molar-refractivity contribution in [1.82, 2.24) is 14.7 Å². The van der Waals surface area contributed by atoms with Gasteiger partial charge >= 0.3 is 12.2 Å². The lowest BCUT2D eigenvalue weighted by molar-refractivity contribution is 0.00576. The minimum atomic E-state index is -0.848. The minimum Gasteiger partial charge on any atom is -0.465 e. The summed E-state index contributed by atoms with van der Waals surface area (Å²) in [6, 6.07) is 0.303. The number of likely N-dealkylation sites (tertiary alicyclic amines) is 1. The molecule has 0 bridgehead atoms. The van der Waals surface area contributed by atoms with Gasteiger partial charge in [-0.25, -0.2) is 9.59 Å². The molecule has 126 valence electrons. The van der Waals surface area contributed by atoms with Gasteiger partial charge in [0.2, 0.25) is 0 Å². The Kier molecular flexibility index (Phi) is 5.16. The van der Waals surface area contributed by atoms with Crippen molar-refractivity contribution in [2.75, 3.05) is 39.3 Å². The van der Waals surface area contributed by atoms with Crippen molar-refractivity contribution in [3.8, 4) is 0 Å². The van der Waals surface area contributed by atoms with Crippen LogP contribution in [0.15, 0.2) is 0 Å². The molecule has 1 unspecified atom stereocenters. The summed E-state index contributed by atoms with van der Waals surface area (Å²) in [5.41, 5.74) is -0.475. The van der Waals surface area contributed by atoms with Gasteiger partial charge < -0.3 is 19.6 Å². The van der Waals surface area contributed by atoms with Gasteiger partial charge in [0.1, 0.15) is 5.60 Å². The Morgan fingerprint density at radius 3 is 2.23 bits per heavy atom.